The minimum absolute atomic E-state index is 0.0980. The summed E-state index contributed by atoms with van der Waals surface area (Å²) in [5.74, 6) is -0.0980. The number of benzene rings is 2. The molecule has 1 aliphatic heterocycles. The molecule has 0 aromatic heterocycles. The summed E-state index contributed by atoms with van der Waals surface area (Å²) in [5.41, 5.74) is 2.49. The third-order valence-corrected chi connectivity index (χ3v) is 5.59. The van der Waals surface area contributed by atoms with Crippen LogP contribution in [0.15, 0.2) is 36.4 Å². The molecule has 1 saturated carbocycles. The summed E-state index contributed by atoms with van der Waals surface area (Å²) in [4.78, 5) is 27.4. The Labute approximate surface area is 179 Å². The van der Waals surface area contributed by atoms with Crippen molar-refractivity contribution in [3.05, 3.63) is 52.0 Å². The molecule has 8 heteroatoms. The van der Waals surface area contributed by atoms with Gasteiger partial charge >= 0.3 is 6.03 Å². The van der Waals surface area contributed by atoms with E-state index in [-0.39, 0.29) is 11.9 Å². The SMILES string of the molecule is O=C(Nc1ccc(N2CCCC2)c(C(=O)NC2CC2)c1)Nc1ccc(Cl)cc1Cl. The molecule has 3 N–H and O–H groups in total. The summed E-state index contributed by atoms with van der Waals surface area (Å²) in [6.45, 7) is 1.87. The molecular formula is C21H22Cl2N4O2. The molecule has 0 spiro atoms. The van der Waals surface area contributed by atoms with E-state index in [1.165, 1.54) is 0 Å². The van der Waals surface area contributed by atoms with Gasteiger partial charge in [-0.25, -0.2) is 4.79 Å². The van der Waals surface area contributed by atoms with Crippen molar-refractivity contribution in [2.75, 3.05) is 28.6 Å². The molecule has 2 aromatic rings. The molecular weight excluding hydrogens is 411 g/mol. The predicted octanol–water partition coefficient (Wildman–Crippen LogP) is 5.13. The Bertz CT molecular complexity index is 940. The Hall–Kier alpha value is -2.44. The lowest BCUT2D eigenvalue weighted by Gasteiger charge is -2.22. The number of hydrogen-bond acceptors (Lipinski definition) is 3. The second-order valence-corrected chi connectivity index (χ2v) is 8.22. The Morgan fingerprint density at radius 1 is 0.966 bits per heavy atom. The van der Waals surface area contributed by atoms with Crippen molar-refractivity contribution in [2.24, 2.45) is 0 Å². The van der Waals surface area contributed by atoms with E-state index in [2.05, 4.69) is 20.9 Å². The molecule has 6 nitrogen and oxygen atoms in total. The van der Waals surface area contributed by atoms with Gasteiger partial charge in [-0.15, -0.1) is 0 Å². The first-order chi connectivity index (χ1) is 14.0. The topological polar surface area (TPSA) is 73.5 Å². The Morgan fingerprint density at radius 2 is 1.72 bits per heavy atom. The first-order valence-electron chi connectivity index (χ1n) is 9.72. The molecule has 2 aromatic carbocycles. The quantitative estimate of drug-likeness (QED) is 0.612. The number of hydrogen-bond donors (Lipinski definition) is 3. The van der Waals surface area contributed by atoms with Crippen LogP contribution in [0.2, 0.25) is 10.0 Å². The number of urea groups is 1. The van der Waals surface area contributed by atoms with Gasteiger partial charge in [0.25, 0.3) is 5.91 Å². The van der Waals surface area contributed by atoms with Crippen LogP contribution < -0.4 is 20.9 Å². The van der Waals surface area contributed by atoms with Crippen LogP contribution >= 0.6 is 23.2 Å². The molecule has 0 bridgehead atoms. The van der Waals surface area contributed by atoms with E-state index in [4.69, 9.17) is 23.2 Å². The molecule has 1 aliphatic carbocycles. The number of rotatable bonds is 5. The molecule has 0 unspecified atom stereocenters. The van der Waals surface area contributed by atoms with Gasteiger partial charge in [-0.1, -0.05) is 23.2 Å². The zero-order chi connectivity index (χ0) is 20.4. The molecule has 3 amide bonds. The highest BCUT2D eigenvalue weighted by Gasteiger charge is 2.27. The van der Waals surface area contributed by atoms with Crippen LogP contribution in [0.5, 0.6) is 0 Å². The van der Waals surface area contributed by atoms with Crippen molar-refractivity contribution < 1.29 is 9.59 Å². The molecule has 1 heterocycles. The van der Waals surface area contributed by atoms with E-state index < -0.39 is 6.03 Å². The first-order valence-corrected chi connectivity index (χ1v) is 10.5. The maximum Gasteiger partial charge on any atom is 0.323 e. The van der Waals surface area contributed by atoms with E-state index in [0.717, 1.165) is 44.5 Å². The van der Waals surface area contributed by atoms with Crippen LogP contribution in [-0.4, -0.2) is 31.1 Å². The first kappa shape index (κ1) is 19.9. The van der Waals surface area contributed by atoms with Crippen molar-refractivity contribution in [3.63, 3.8) is 0 Å². The van der Waals surface area contributed by atoms with Gasteiger partial charge in [-0.05, 0) is 62.1 Å². The minimum Gasteiger partial charge on any atom is -0.371 e. The van der Waals surface area contributed by atoms with E-state index in [9.17, 15) is 9.59 Å². The predicted molar refractivity (Wildman–Crippen MR) is 117 cm³/mol. The smallest absolute Gasteiger partial charge is 0.323 e. The second-order valence-electron chi connectivity index (χ2n) is 7.38. The third kappa shape index (κ3) is 4.95. The van der Waals surface area contributed by atoms with Gasteiger partial charge in [0.2, 0.25) is 0 Å². The van der Waals surface area contributed by atoms with Gasteiger partial charge in [0.05, 0.1) is 16.3 Å². The lowest BCUT2D eigenvalue weighted by Crippen LogP contribution is -2.29. The number of carbonyl (C=O) groups is 2. The van der Waals surface area contributed by atoms with Gasteiger partial charge in [-0.3, -0.25) is 4.79 Å². The Kier molecular flexibility index (Phi) is 5.83. The highest BCUT2D eigenvalue weighted by Crippen LogP contribution is 2.29. The zero-order valence-electron chi connectivity index (χ0n) is 15.8. The Balaban J connectivity index is 1.51. The molecule has 29 heavy (non-hydrogen) atoms. The monoisotopic (exact) mass is 432 g/mol. The van der Waals surface area contributed by atoms with Gasteiger partial charge < -0.3 is 20.9 Å². The summed E-state index contributed by atoms with van der Waals surface area (Å²) in [7, 11) is 0. The highest BCUT2D eigenvalue weighted by atomic mass is 35.5. The minimum atomic E-state index is -0.448. The molecule has 2 aliphatic rings. The largest absolute Gasteiger partial charge is 0.371 e. The van der Waals surface area contributed by atoms with E-state index in [0.29, 0.717) is 27.0 Å². The van der Waals surface area contributed by atoms with Crippen molar-refractivity contribution in [1.82, 2.24) is 5.32 Å². The number of nitrogens with zero attached hydrogens (tertiary/aromatic N) is 1. The number of carbonyl (C=O) groups excluding carboxylic acids is 2. The number of anilines is 3. The van der Waals surface area contributed by atoms with Gasteiger partial charge in [0.1, 0.15) is 0 Å². The molecule has 152 valence electrons. The van der Waals surface area contributed by atoms with E-state index in [1.54, 1.807) is 24.3 Å². The van der Waals surface area contributed by atoms with Crippen LogP contribution in [-0.2, 0) is 0 Å². The normalized spacial score (nSPS) is 15.9. The average molecular weight is 433 g/mol. The van der Waals surface area contributed by atoms with Gasteiger partial charge in [0.15, 0.2) is 0 Å². The molecule has 0 radical (unpaired) electrons. The lowest BCUT2D eigenvalue weighted by atomic mass is 10.1. The molecule has 0 atom stereocenters. The summed E-state index contributed by atoms with van der Waals surface area (Å²) < 4.78 is 0. The van der Waals surface area contributed by atoms with Crippen LogP contribution in [0.25, 0.3) is 0 Å². The van der Waals surface area contributed by atoms with Crippen LogP contribution in [0.4, 0.5) is 21.9 Å². The second kappa shape index (κ2) is 8.51. The summed E-state index contributed by atoms with van der Waals surface area (Å²) in [5, 5.41) is 9.35. The number of amides is 3. The standard InChI is InChI=1S/C21H22Cl2N4O2/c22-13-3-7-18(17(23)11-13)26-21(29)25-15-6-8-19(27-9-1-2-10-27)16(12-15)20(28)24-14-4-5-14/h3,6-8,11-12,14H,1-2,4-5,9-10H2,(H,24,28)(H2,25,26,29). The maximum atomic E-state index is 12.8. The molecule has 4 rings (SSSR count). The van der Waals surface area contributed by atoms with Crippen LogP contribution in [0.1, 0.15) is 36.0 Å². The fourth-order valence-electron chi connectivity index (χ4n) is 3.40. The van der Waals surface area contributed by atoms with E-state index >= 15 is 0 Å². The summed E-state index contributed by atoms with van der Waals surface area (Å²) >= 11 is 12.0. The summed E-state index contributed by atoms with van der Waals surface area (Å²) in [6.07, 6.45) is 4.28. The third-order valence-electron chi connectivity index (χ3n) is 5.04. The average Bonchev–Trinajstić information content (AvgIpc) is 3.33. The van der Waals surface area contributed by atoms with Crippen LogP contribution in [0.3, 0.4) is 0 Å². The fraction of sp³-hybridized carbons (Fsp3) is 0.333. The maximum absolute atomic E-state index is 12.8. The van der Waals surface area contributed by atoms with Crippen LogP contribution in [0, 0.1) is 0 Å². The Morgan fingerprint density at radius 3 is 2.41 bits per heavy atom. The van der Waals surface area contributed by atoms with Gasteiger partial charge in [0, 0.05) is 35.5 Å². The van der Waals surface area contributed by atoms with Crippen molar-refractivity contribution in [3.8, 4) is 0 Å². The summed E-state index contributed by atoms with van der Waals surface area (Å²) in [6, 6.07) is 10.1. The fourth-order valence-corrected chi connectivity index (χ4v) is 3.85. The zero-order valence-corrected chi connectivity index (χ0v) is 17.3. The van der Waals surface area contributed by atoms with Crippen molar-refractivity contribution in [1.29, 1.82) is 0 Å². The highest BCUT2D eigenvalue weighted by molar-refractivity contribution is 6.36. The van der Waals surface area contributed by atoms with E-state index in [1.807, 2.05) is 12.1 Å². The number of nitrogens with one attached hydrogen (secondary N) is 3. The molecule has 1 saturated heterocycles. The van der Waals surface area contributed by atoms with Crippen molar-refractivity contribution in [2.45, 2.75) is 31.7 Å². The van der Waals surface area contributed by atoms with Crippen molar-refractivity contribution >= 4 is 52.2 Å². The van der Waals surface area contributed by atoms with Gasteiger partial charge in [-0.2, -0.15) is 0 Å². The number of halogens is 2. The molecule has 2 fully saturated rings. The lowest BCUT2D eigenvalue weighted by molar-refractivity contribution is 0.0951.